The molecule has 1 heterocycles. The molecule has 2 aromatic rings. The second-order valence-corrected chi connectivity index (χ2v) is 3.74. The molecule has 2 rings (SSSR count). The van der Waals surface area contributed by atoms with Crippen LogP contribution in [0, 0.1) is 0 Å². The summed E-state index contributed by atoms with van der Waals surface area (Å²) in [7, 11) is 1.97. The van der Waals surface area contributed by atoms with Crippen LogP contribution in [0.4, 0.5) is 0 Å². The SMILES string of the molecule is CC.CC(C)c1ccc2c(cnn2C)c1. The van der Waals surface area contributed by atoms with Crippen LogP contribution < -0.4 is 0 Å². The van der Waals surface area contributed by atoms with E-state index in [0.717, 1.165) is 0 Å². The summed E-state index contributed by atoms with van der Waals surface area (Å²) < 4.78 is 1.90. The van der Waals surface area contributed by atoms with Gasteiger partial charge in [-0.1, -0.05) is 33.8 Å². The van der Waals surface area contributed by atoms with Gasteiger partial charge >= 0.3 is 0 Å². The van der Waals surface area contributed by atoms with E-state index in [1.807, 2.05) is 31.8 Å². The number of benzene rings is 1. The maximum Gasteiger partial charge on any atom is 0.0679 e. The highest BCUT2D eigenvalue weighted by Gasteiger charge is 2.02. The number of aromatic nitrogens is 2. The van der Waals surface area contributed by atoms with Crippen molar-refractivity contribution in [2.24, 2.45) is 7.05 Å². The number of fused-ring (bicyclic) bond motifs is 1. The normalized spacial score (nSPS) is 10.3. The Hall–Kier alpha value is -1.31. The minimum atomic E-state index is 0.588. The highest BCUT2D eigenvalue weighted by atomic mass is 15.2. The number of nitrogens with zero attached hydrogens (tertiary/aromatic N) is 2. The van der Waals surface area contributed by atoms with Gasteiger partial charge in [-0.2, -0.15) is 5.10 Å². The Balaban J connectivity index is 0.000000531. The molecule has 0 saturated heterocycles. The van der Waals surface area contributed by atoms with Crippen molar-refractivity contribution in [1.82, 2.24) is 9.78 Å². The minimum absolute atomic E-state index is 0.588. The van der Waals surface area contributed by atoms with Crippen molar-refractivity contribution >= 4 is 10.9 Å². The van der Waals surface area contributed by atoms with Crippen molar-refractivity contribution in [1.29, 1.82) is 0 Å². The van der Waals surface area contributed by atoms with Gasteiger partial charge in [0.15, 0.2) is 0 Å². The van der Waals surface area contributed by atoms with Gasteiger partial charge in [-0.15, -0.1) is 0 Å². The van der Waals surface area contributed by atoms with Gasteiger partial charge in [-0.3, -0.25) is 4.68 Å². The van der Waals surface area contributed by atoms with Gasteiger partial charge in [0.25, 0.3) is 0 Å². The molecule has 1 aromatic carbocycles. The number of rotatable bonds is 1. The number of hydrogen-bond acceptors (Lipinski definition) is 1. The van der Waals surface area contributed by atoms with Crippen molar-refractivity contribution in [3.05, 3.63) is 30.0 Å². The molecular formula is C13H20N2. The fourth-order valence-corrected chi connectivity index (χ4v) is 1.54. The van der Waals surface area contributed by atoms with Crippen molar-refractivity contribution in [2.75, 3.05) is 0 Å². The van der Waals surface area contributed by atoms with E-state index in [1.54, 1.807) is 0 Å². The minimum Gasteiger partial charge on any atom is -0.268 e. The summed E-state index contributed by atoms with van der Waals surface area (Å²) in [6.45, 7) is 8.41. The molecule has 0 aliphatic carbocycles. The van der Waals surface area contributed by atoms with Gasteiger partial charge in [0.1, 0.15) is 0 Å². The van der Waals surface area contributed by atoms with Gasteiger partial charge in [0.05, 0.1) is 11.7 Å². The number of hydrogen-bond donors (Lipinski definition) is 0. The van der Waals surface area contributed by atoms with Gasteiger partial charge in [0, 0.05) is 12.4 Å². The molecule has 0 unspecified atom stereocenters. The zero-order valence-corrected chi connectivity index (χ0v) is 10.3. The standard InChI is InChI=1S/C11H14N2.C2H6/c1-8(2)9-4-5-11-10(6-9)7-12-13(11)3;1-2/h4-8H,1-3H3;1-2H3. The van der Waals surface area contributed by atoms with Crippen LogP contribution in [0.2, 0.25) is 0 Å². The van der Waals surface area contributed by atoms with Crippen molar-refractivity contribution in [3.63, 3.8) is 0 Å². The molecule has 2 nitrogen and oxygen atoms in total. The van der Waals surface area contributed by atoms with Crippen LogP contribution >= 0.6 is 0 Å². The van der Waals surface area contributed by atoms with Gasteiger partial charge < -0.3 is 0 Å². The zero-order chi connectivity index (χ0) is 11.4. The predicted octanol–water partition coefficient (Wildman–Crippen LogP) is 3.72. The van der Waals surface area contributed by atoms with Gasteiger partial charge in [0.2, 0.25) is 0 Å². The first-order valence-corrected chi connectivity index (χ1v) is 5.60. The third kappa shape index (κ3) is 2.38. The third-order valence-corrected chi connectivity index (χ3v) is 2.44. The average molecular weight is 204 g/mol. The van der Waals surface area contributed by atoms with E-state index in [2.05, 4.69) is 37.1 Å². The molecular weight excluding hydrogens is 184 g/mol. The molecule has 0 N–H and O–H groups in total. The van der Waals surface area contributed by atoms with Crippen LogP contribution in [0.1, 0.15) is 39.2 Å². The van der Waals surface area contributed by atoms with Gasteiger partial charge in [-0.25, -0.2) is 0 Å². The Bertz CT molecular complexity index is 427. The fraction of sp³-hybridized carbons (Fsp3) is 0.462. The quantitative estimate of drug-likeness (QED) is 0.692. The van der Waals surface area contributed by atoms with E-state index in [4.69, 9.17) is 0 Å². The smallest absolute Gasteiger partial charge is 0.0679 e. The van der Waals surface area contributed by atoms with E-state index >= 15 is 0 Å². The summed E-state index contributed by atoms with van der Waals surface area (Å²) in [5, 5.41) is 5.44. The molecule has 0 atom stereocenters. The van der Waals surface area contributed by atoms with E-state index in [9.17, 15) is 0 Å². The molecule has 0 saturated carbocycles. The summed E-state index contributed by atoms with van der Waals surface area (Å²) in [5.74, 6) is 0.588. The second kappa shape index (κ2) is 4.96. The third-order valence-electron chi connectivity index (χ3n) is 2.44. The van der Waals surface area contributed by atoms with Gasteiger partial charge in [-0.05, 0) is 23.6 Å². The lowest BCUT2D eigenvalue weighted by Gasteiger charge is -2.04. The van der Waals surface area contributed by atoms with Crippen LogP contribution in [0.5, 0.6) is 0 Å². The molecule has 1 aromatic heterocycles. The predicted molar refractivity (Wildman–Crippen MR) is 66.2 cm³/mol. The molecule has 0 spiro atoms. The molecule has 0 aliphatic rings. The molecule has 82 valence electrons. The molecule has 0 radical (unpaired) electrons. The summed E-state index contributed by atoms with van der Waals surface area (Å²) in [5.41, 5.74) is 2.57. The second-order valence-electron chi connectivity index (χ2n) is 3.74. The molecule has 0 aliphatic heterocycles. The molecule has 0 amide bonds. The summed E-state index contributed by atoms with van der Waals surface area (Å²) in [6, 6.07) is 6.53. The van der Waals surface area contributed by atoms with E-state index < -0.39 is 0 Å². The Morgan fingerprint density at radius 2 is 1.87 bits per heavy atom. The summed E-state index contributed by atoms with van der Waals surface area (Å²) >= 11 is 0. The van der Waals surface area contributed by atoms with E-state index in [0.29, 0.717) is 5.92 Å². The highest BCUT2D eigenvalue weighted by Crippen LogP contribution is 2.20. The first-order valence-electron chi connectivity index (χ1n) is 5.60. The first-order chi connectivity index (χ1) is 7.18. The van der Waals surface area contributed by atoms with E-state index in [1.165, 1.54) is 16.5 Å². The lowest BCUT2D eigenvalue weighted by molar-refractivity contribution is 0.796. The van der Waals surface area contributed by atoms with Crippen LogP contribution in [-0.4, -0.2) is 9.78 Å². The Morgan fingerprint density at radius 1 is 1.20 bits per heavy atom. The summed E-state index contributed by atoms with van der Waals surface area (Å²) in [6.07, 6.45) is 1.92. The largest absolute Gasteiger partial charge is 0.268 e. The molecule has 15 heavy (non-hydrogen) atoms. The Labute approximate surface area is 91.9 Å². The van der Waals surface area contributed by atoms with Crippen LogP contribution in [0.15, 0.2) is 24.4 Å². The van der Waals surface area contributed by atoms with Crippen molar-refractivity contribution in [3.8, 4) is 0 Å². The van der Waals surface area contributed by atoms with Crippen molar-refractivity contribution < 1.29 is 0 Å². The van der Waals surface area contributed by atoms with Crippen LogP contribution in [0.25, 0.3) is 10.9 Å². The first kappa shape index (κ1) is 11.8. The molecule has 2 heteroatoms. The lowest BCUT2D eigenvalue weighted by atomic mass is 10.0. The lowest BCUT2D eigenvalue weighted by Crippen LogP contribution is -1.90. The average Bonchev–Trinajstić information content (AvgIpc) is 2.63. The maximum absolute atomic E-state index is 4.21. The Morgan fingerprint density at radius 3 is 2.47 bits per heavy atom. The van der Waals surface area contributed by atoms with Crippen LogP contribution in [0.3, 0.4) is 0 Å². The highest BCUT2D eigenvalue weighted by molar-refractivity contribution is 5.79. The zero-order valence-electron chi connectivity index (χ0n) is 10.3. The molecule has 0 fully saturated rings. The number of aryl methyl sites for hydroxylation is 1. The maximum atomic E-state index is 4.21. The topological polar surface area (TPSA) is 17.8 Å². The van der Waals surface area contributed by atoms with Crippen molar-refractivity contribution in [2.45, 2.75) is 33.6 Å². The monoisotopic (exact) mass is 204 g/mol. The molecule has 0 bridgehead atoms. The van der Waals surface area contributed by atoms with E-state index in [-0.39, 0.29) is 0 Å². The fourth-order valence-electron chi connectivity index (χ4n) is 1.54. The van der Waals surface area contributed by atoms with Crippen LogP contribution in [-0.2, 0) is 7.05 Å². The summed E-state index contributed by atoms with van der Waals surface area (Å²) in [4.78, 5) is 0. The Kier molecular flexibility index (Phi) is 3.89.